The van der Waals surface area contributed by atoms with Gasteiger partial charge in [0.2, 0.25) is 15.9 Å². The van der Waals surface area contributed by atoms with Gasteiger partial charge in [-0.3, -0.25) is 4.79 Å². The lowest BCUT2D eigenvalue weighted by Crippen LogP contribution is -2.49. The summed E-state index contributed by atoms with van der Waals surface area (Å²) in [4.78, 5) is 16.5. The first kappa shape index (κ1) is 18.4. The van der Waals surface area contributed by atoms with E-state index in [0.29, 0.717) is 25.6 Å². The second-order valence-electron chi connectivity index (χ2n) is 6.39. The minimum Gasteiger partial charge on any atom is -0.340 e. The van der Waals surface area contributed by atoms with Crippen LogP contribution in [0, 0.1) is 5.92 Å². The highest BCUT2D eigenvalue weighted by Crippen LogP contribution is 2.17. The van der Waals surface area contributed by atoms with Crippen molar-refractivity contribution in [3.8, 4) is 0 Å². The van der Waals surface area contributed by atoms with Gasteiger partial charge in [-0.15, -0.1) is 0 Å². The number of nitrogens with one attached hydrogen (secondary N) is 1. The molecule has 1 aliphatic heterocycles. The van der Waals surface area contributed by atoms with Crippen LogP contribution in [0.1, 0.15) is 33.6 Å². The Labute approximate surface area is 128 Å². The highest BCUT2D eigenvalue weighted by atomic mass is 32.2. The van der Waals surface area contributed by atoms with Crippen LogP contribution in [0.3, 0.4) is 0 Å². The minimum absolute atomic E-state index is 0.00476. The van der Waals surface area contributed by atoms with E-state index in [-0.39, 0.29) is 17.6 Å². The minimum atomic E-state index is -3.38. The van der Waals surface area contributed by atoms with Gasteiger partial charge < -0.3 is 9.80 Å². The van der Waals surface area contributed by atoms with Crippen molar-refractivity contribution in [3.05, 3.63) is 0 Å². The fraction of sp³-hybridized carbons (Fsp3) is 0.929. The second-order valence-corrected chi connectivity index (χ2v) is 8.44. The molecule has 21 heavy (non-hydrogen) atoms. The molecule has 1 fully saturated rings. The van der Waals surface area contributed by atoms with Crippen LogP contribution in [-0.4, -0.2) is 69.1 Å². The number of likely N-dealkylation sites (tertiary alicyclic amines) is 1. The summed E-state index contributed by atoms with van der Waals surface area (Å²) < 4.78 is 26.1. The number of hydrogen-bond donors (Lipinski definition) is 1. The van der Waals surface area contributed by atoms with Crippen molar-refractivity contribution >= 4 is 15.9 Å². The maximum absolute atomic E-state index is 12.6. The first-order valence-electron chi connectivity index (χ1n) is 7.61. The summed E-state index contributed by atoms with van der Waals surface area (Å²) in [6.45, 7) is 6.94. The van der Waals surface area contributed by atoms with Gasteiger partial charge in [0.15, 0.2) is 0 Å². The SMILES string of the molecule is CCS(=O)(=O)N[C@@H](CC(C)C)C(=O)N1CCC(N(C)C)C1. The molecule has 1 aliphatic rings. The van der Waals surface area contributed by atoms with Crippen LogP contribution in [0.15, 0.2) is 0 Å². The zero-order chi connectivity index (χ0) is 16.2. The Hall–Kier alpha value is -0.660. The zero-order valence-corrected chi connectivity index (χ0v) is 14.6. The predicted octanol–water partition coefficient (Wildman–Crippen LogP) is 0.503. The molecule has 1 amide bonds. The summed E-state index contributed by atoms with van der Waals surface area (Å²) in [6.07, 6.45) is 1.47. The number of carbonyl (C=O) groups excluding carboxylic acids is 1. The van der Waals surface area contributed by atoms with Gasteiger partial charge in [0.1, 0.15) is 6.04 Å². The average molecular weight is 319 g/mol. The number of sulfonamides is 1. The first-order chi connectivity index (χ1) is 9.66. The van der Waals surface area contributed by atoms with E-state index in [4.69, 9.17) is 0 Å². The number of nitrogens with zero attached hydrogens (tertiary/aromatic N) is 2. The summed E-state index contributed by atoms with van der Waals surface area (Å²) in [5.74, 6) is 0.158. The molecule has 1 heterocycles. The Morgan fingerprint density at radius 2 is 2.00 bits per heavy atom. The third-order valence-electron chi connectivity index (χ3n) is 3.91. The molecule has 0 bridgehead atoms. The lowest BCUT2D eigenvalue weighted by molar-refractivity contribution is -0.132. The van der Waals surface area contributed by atoms with Gasteiger partial charge in [0.25, 0.3) is 0 Å². The molecule has 6 nitrogen and oxygen atoms in total. The summed E-state index contributed by atoms with van der Waals surface area (Å²) in [5, 5.41) is 0. The van der Waals surface area contributed by atoms with E-state index in [1.807, 2.05) is 27.9 Å². The normalized spacial score (nSPS) is 21.3. The molecule has 0 saturated carbocycles. The van der Waals surface area contributed by atoms with Crippen molar-refractivity contribution in [2.45, 2.75) is 45.7 Å². The smallest absolute Gasteiger partial charge is 0.240 e. The van der Waals surface area contributed by atoms with Crippen molar-refractivity contribution in [1.82, 2.24) is 14.5 Å². The molecule has 1 N–H and O–H groups in total. The topological polar surface area (TPSA) is 69.7 Å². The largest absolute Gasteiger partial charge is 0.340 e. The van der Waals surface area contributed by atoms with Crippen LogP contribution in [0.5, 0.6) is 0 Å². The molecule has 2 atom stereocenters. The molecular weight excluding hydrogens is 290 g/mol. The molecule has 1 unspecified atom stereocenters. The van der Waals surface area contributed by atoms with Crippen LogP contribution in [0.25, 0.3) is 0 Å². The van der Waals surface area contributed by atoms with E-state index in [1.165, 1.54) is 0 Å². The van der Waals surface area contributed by atoms with Gasteiger partial charge in [0.05, 0.1) is 5.75 Å². The fourth-order valence-electron chi connectivity index (χ4n) is 2.55. The van der Waals surface area contributed by atoms with Gasteiger partial charge in [0, 0.05) is 19.1 Å². The third kappa shape index (κ3) is 5.56. The molecule has 0 radical (unpaired) electrons. The van der Waals surface area contributed by atoms with Crippen LogP contribution in [-0.2, 0) is 14.8 Å². The fourth-order valence-corrected chi connectivity index (χ4v) is 3.35. The van der Waals surface area contributed by atoms with Crippen molar-refractivity contribution < 1.29 is 13.2 Å². The number of amides is 1. The van der Waals surface area contributed by atoms with E-state index in [1.54, 1.807) is 11.8 Å². The zero-order valence-electron chi connectivity index (χ0n) is 13.8. The Bertz CT molecular complexity index is 448. The molecule has 7 heteroatoms. The lowest BCUT2D eigenvalue weighted by atomic mass is 10.0. The van der Waals surface area contributed by atoms with Crippen molar-refractivity contribution in [1.29, 1.82) is 0 Å². The van der Waals surface area contributed by atoms with E-state index >= 15 is 0 Å². The van der Waals surface area contributed by atoms with E-state index in [2.05, 4.69) is 9.62 Å². The van der Waals surface area contributed by atoms with Gasteiger partial charge >= 0.3 is 0 Å². The van der Waals surface area contributed by atoms with Crippen LogP contribution in [0.2, 0.25) is 0 Å². The number of carbonyl (C=O) groups is 1. The molecule has 0 aliphatic carbocycles. The van der Waals surface area contributed by atoms with Crippen LogP contribution in [0.4, 0.5) is 0 Å². The van der Waals surface area contributed by atoms with Crippen LogP contribution < -0.4 is 4.72 Å². The lowest BCUT2D eigenvalue weighted by Gasteiger charge is -2.26. The molecule has 0 aromatic rings. The Morgan fingerprint density at radius 3 is 2.43 bits per heavy atom. The van der Waals surface area contributed by atoms with Crippen molar-refractivity contribution in [2.24, 2.45) is 5.92 Å². The average Bonchev–Trinajstić information content (AvgIpc) is 2.86. The molecule has 124 valence electrons. The molecule has 0 aromatic heterocycles. The Kier molecular flexibility index (Phi) is 6.62. The number of hydrogen-bond acceptors (Lipinski definition) is 4. The highest BCUT2D eigenvalue weighted by Gasteiger charge is 2.33. The molecule has 0 spiro atoms. The standard InChI is InChI=1S/C14H29N3O3S/c1-6-21(19,20)15-13(9-11(2)3)14(18)17-8-7-12(10-17)16(4)5/h11-13,15H,6-10H2,1-5H3/t12?,13-/m0/s1. The number of rotatable bonds is 7. The highest BCUT2D eigenvalue weighted by molar-refractivity contribution is 7.89. The van der Waals surface area contributed by atoms with E-state index in [0.717, 1.165) is 6.42 Å². The van der Waals surface area contributed by atoms with Gasteiger partial charge in [-0.05, 0) is 39.8 Å². The maximum atomic E-state index is 12.6. The van der Waals surface area contributed by atoms with E-state index < -0.39 is 16.1 Å². The molecule has 0 aromatic carbocycles. The number of likely N-dealkylation sites (N-methyl/N-ethyl adjacent to an activating group) is 1. The quantitative estimate of drug-likeness (QED) is 0.742. The van der Waals surface area contributed by atoms with Crippen molar-refractivity contribution in [2.75, 3.05) is 32.9 Å². The monoisotopic (exact) mass is 319 g/mol. The Balaban J connectivity index is 2.77. The van der Waals surface area contributed by atoms with E-state index in [9.17, 15) is 13.2 Å². The molecular formula is C14H29N3O3S. The van der Waals surface area contributed by atoms with Crippen molar-refractivity contribution in [3.63, 3.8) is 0 Å². The Morgan fingerprint density at radius 1 is 1.38 bits per heavy atom. The molecule has 1 saturated heterocycles. The predicted molar refractivity (Wildman–Crippen MR) is 84.5 cm³/mol. The summed E-state index contributed by atoms with van der Waals surface area (Å²) in [5.41, 5.74) is 0. The summed E-state index contributed by atoms with van der Waals surface area (Å²) in [7, 11) is 0.631. The van der Waals surface area contributed by atoms with Gasteiger partial charge in [-0.2, -0.15) is 0 Å². The summed E-state index contributed by atoms with van der Waals surface area (Å²) in [6, 6.07) is -0.285. The second kappa shape index (κ2) is 7.56. The maximum Gasteiger partial charge on any atom is 0.240 e. The third-order valence-corrected chi connectivity index (χ3v) is 5.32. The summed E-state index contributed by atoms with van der Waals surface area (Å²) >= 11 is 0. The molecule has 1 rings (SSSR count). The first-order valence-corrected chi connectivity index (χ1v) is 9.26. The van der Waals surface area contributed by atoms with Gasteiger partial charge in [-0.1, -0.05) is 13.8 Å². The van der Waals surface area contributed by atoms with Crippen LogP contribution >= 0.6 is 0 Å². The van der Waals surface area contributed by atoms with Gasteiger partial charge in [-0.25, -0.2) is 13.1 Å².